The molecule has 0 aromatic heterocycles. The highest BCUT2D eigenvalue weighted by atomic mass is 79.9. The summed E-state index contributed by atoms with van der Waals surface area (Å²) in [5.74, 6) is -1.26. The summed E-state index contributed by atoms with van der Waals surface area (Å²) in [5.41, 5.74) is -0.685. The maximum atomic E-state index is 12.2. The van der Waals surface area contributed by atoms with Gasteiger partial charge in [0.2, 0.25) is 5.91 Å². The monoisotopic (exact) mass is 409 g/mol. The number of halogens is 1. The van der Waals surface area contributed by atoms with Gasteiger partial charge >= 0.3 is 5.97 Å². The van der Waals surface area contributed by atoms with Crippen LogP contribution in [0.15, 0.2) is 0 Å². The molecule has 1 fully saturated rings. The van der Waals surface area contributed by atoms with E-state index in [9.17, 15) is 14.8 Å². The van der Waals surface area contributed by atoms with Gasteiger partial charge in [-0.15, -0.1) is 0 Å². The van der Waals surface area contributed by atoms with Gasteiger partial charge in [0.25, 0.3) is 0 Å². The molecule has 1 rings (SSSR count). The van der Waals surface area contributed by atoms with Crippen molar-refractivity contribution in [1.29, 1.82) is 0 Å². The van der Waals surface area contributed by atoms with Gasteiger partial charge in [0.05, 0.1) is 12.5 Å². The first-order chi connectivity index (χ1) is 11.1. The Morgan fingerprint density at radius 3 is 2.54 bits per heavy atom. The van der Waals surface area contributed by atoms with Gasteiger partial charge in [0.1, 0.15) is 5.60 Å². The minimum absolute atomic E-state index is 0.0608. The second-order valence-corrected chi connectivity index (χ2v) is 7.51. The summed E-state index contributed by atoms with van der Waals surface area (Å²) in [6, 6.07) is -1.08. The Morgan fingerprint density at radius 2 is 2.04 bits per heavy atom. The average Bonchev–Trinajstić information content (AvgIpc) is 2.51. The van der Waals surface area contributed by atoms with Crippen LogP contribution in [-0.2, 0) is 23.8 Å². The molecule has 1 saturated heterocycles. The molecule has 0 radical (unpaired) electrons. The second-order valence-electron chi connectivity index (χ2n) is 6.86. The first-order valence-corrected chi connectivity index (χ1v) is 9.33. The minimum Gasteiger partial charge on any atom is -0.458 e. The van der Waals surface area contributed by atoms with Crippen molar-refractivity contribution in [2.75, 3.05) is 11.9 Å². The molecular formula is C16H28BrNO6. The van der Waals surface area contributed by atoms with E-state index < -0.39 is 29.6 Å². The van der Waals surface area contributed by atoms with E-state index in [-0.39, 0.29) is 12.7 Å². The zero-order valence-electron chi connectivity index (χ0n) is 14.8. The Labute approximate surface area is 151 Å². The van der Waals surface area contributed by atoms with Crippen molar-refractivity contribution in [2.45, 2.75) is 77.4 Å². The second kappa shape index (κ2) is 9.70. The summed E-state index contributed by atoms with van der Waals surface area (Å²) in [4.78, 5) is 24.1. The van der Waals surface area contributed by atoms with Gasteiger partial charge in [-0.1, -0.05) is 15.9 Å². The maximum Gasteiger partial charge on any atom is 0.331 e. The summed E-state index contributed by atoms with van der Waals surface area (Å²) in [6.45, 7) is 7.23. The summed E-state index contributed by atoms with van der Waals surface area (Å²) >= 11 is 3.30. The molecule has 1 heterocycles. The quantitative estimate of drug-likeness (QED) is 0.301. The third-order valence-electron chi connectivity index (χ3n) is 3.43. The third kappa shape index (κ3) is 7.46. The standard InChI is InChI=1S/C16H28BrNO6/c1-11(15(20)24-16(2,3)4)18(21)13(19)9-12(10-17)23-14-7-5-6-8-22-14/h11-12,14,21H,5-10H2,1-4H3. The highest BCUT2D eigenvalue weighted by molar-refractivity contribution is 9.09. The summed E-state index contributed by atoms with van der Waals surface area (Å²) in [6.07, 6.45) is 1.99. The van der Waals surface area contributed by atoms with Gasteiger partial charge in [-0.3, -0.25) is 10.0 Å². The number of hydrogen-bond donors (Lipinski definition) is 1. The van der Waals surface area contributed by atoms with E-state index in [4.69, 9.17) is 14.2 Å². The molecule has 0 aromatic rings. The van der Waals surface area contributed by atoms with E-state index in [2.05, 4.69) is 15.9 Å². The molecule has 3 unspecified atom stereocenters. The molecule has 1 amide bonds. The molecule has 0 saturated carbocycles. The summed E-state index contributed by atoms with van der Waals surface area (Å²) < 4.78 is 16.4. The smallest absolute Gasteiger partial charge is 0.331 e. The van der Waals surface area contributed by atoms with Crippen LogP contribution in [0.4, 0.5) is 0 Å². The van der Waals surface area contributed by atoms with Crippen molar-refractivity contribution in [2.24, 2.45) is 0 Å². The molecule has 0 spiro atoms. The SMILES string of the molecule is CC(C(=O)OC(C)(C)C)N(O)C(=O)CC(CBr)OC1CCCCO1. The highest BCUT2D eigenvalue weighted by Gasteiger charge is 2.31. The van der Waals surface area contributed by atoms with Crippen molar-refractivity contribution in [3.05, 3.63) is 0 Å². The number of carbonyl (C=O) groups excluding carboxylic acids is 2. The predicted octanol–water partition coefficient (Wildman–Crippen LogP) is 2.63. The van der Waals surface area contributed by atoms with E-state index in [1.807, 2.05) is 0 Å². The predicted molar refractivity (Wildman–Crippen MR) is 90.8 cm³/mol. The van der Waals surface area contributed by atoms with Crippen LogP contribution in [-0.4, -0.2) is 58.1 Å². The number of esters is 1. The first-order valence-electron chi connectivity index (χ1n) is 8.21. The molecule has 24 heavy (non-hydrogen) atoms. The minimum atomic E-state index is -1.08. The number of carbonyl (C=O) groups is 2. The summed E-state index contributed by atoms with van der Waals surface area (Å²) in [5, 5.41) is 10.8. The van der Waals surface area contributed by atoms with E-state index >= 15 is 0 Å². The topological polar surface area (TPSA) is 85.3 Å². The van der Waals surface area contributed by atoms with Crippen LogP contribution in [0.5, 0.6) is 0 Å². The number of hydrogen-bond acceptors (Lipinski definition) is 6. The van der Waals surface area contributed by atoms with Crippen molar-refractivity contribution in [3.63, 3.8) is 0 Å². The van der Waals surface area contributed by atoms with Crippen LogP contribution in [0.25, 0.3) is 0 Å². The molecule has 140 valence electrons. The number of rotatable bonds is 7. The molecule has 1 aliphatic heterocycles. The van der Waals surface area contributed by atoms with Gasteiger partial charge < -0.3 is 14.2 Å². The largest absolute Gasteiger partial charge is 0.458 e. The number of alkyl halides is 1. The van der Waals surface area contributed by atoms with Crippen molar-refractivity contribution in [1.82, 2.24) is 5.06 Å². The van der Waals surface area contributed by atoms with Crippen molar-refractivity contribution < 1.29 is 29.0 Å². The van der Waals surface area contributed by atoms with Crippen LogP contribution in [0, 0.1) is 0 Å². The van der Waals surface area contributed by atoms with E-state index in [0.717, 1.165) is 19.3 Å². The normalized spacial score (nSPS) is 21.0. The van der Waals surface area contributed by atoms with E-state index in [1.54, 1.807) is 20.8 Å². The lowest BCUT2D eigenvalue weighted by atomic mass is 10.2. The van der Waals surface area contributed by atoms with Crippen LogP contribution in [0.2, 0.25) is 0 Å². The van der Waals surface area contributed by atoms with Crippen LogP contribution >= 0.6 is 15.9 Å². The lowest BCUT2D eigenvalue weighted by Gasteiger charge is -2.29. The zero-order valence-corrected chi connectivity index (χ0v) is 16.4. The molecule has 1 aliphatic rings. The number of nitrogens with zero attached hydrogens (tertiary/aromatic N) is 1. The first kappa shape index (κ1) is 21.3. The van der Waals surface area contributed by atoms with E-state index in [0.29, 0.717) is 17.0 Å². The van der Waals surface area contributed by atoms with Crippen molar-refractivity contribution in [3.8, 4) is 0 Å². The number of hydroxylamine groups is 2. The number of ether oxygens (including phenoxy) is 3. The van der Waals surface area contributed by atoms with Crippen LogP contribution in [0.3, 0.4) is 0 Å². The Hall–Kier alpha value is -0.700. The molecule has 8 heteroatoms. The zero-order chi connectivity index (χ0) is 18.3. The lowest BCUT2D eigenvalue weighted by Crippen LogP contribution is -2.45. The molecule has 3 atom stereocenters. The molecular weight excluding hydrogens is 382 g/mol. The van der Waals surface area contributed by atoms with E-state index in [1.165, 1.54) is 6.92 Å². The Balaban J connectivity index is 2.52. The molecule has 0 aliphatic carbocycles. The maximum absolute atomic E-state index is 12.2. The molecule has 7 nitrogen and oxygen atoms in total. The average molecular weight is 410 g/mol. The molecule has 0 bridgehead atoms. The molecule has 1 N–H and O–H groups in total. The Kier molecular flexibility index (Phi) is 8.62. The fourth-order valence-electron chi connectivity index (χ4n) is 2.16. The lowest BCUT2D eigenvalue weighted by molar-refractivity contribution is -0.202. The Morgan fingerprint density at radius 1 is 1.38 bits per heavy atom. The fourth-order valence-corrected chi connectivity index (χ4v) is 2.54. The Bertz CT molecular complexity index is 419. The van der Waals surface area contributed by atoms with Gasteiger partial charge in [-0.25, -0.2) is 9.86 Å². The van der Waals surface area contributed by atoms with Crippen molar-refractivity contribution >= 4 is 27.8 Å². The van der Waals surface area contributed by atoms with Crippen LogP contribution in [0.1, 0.15) is 53.4 Å². The highest BCUT2D eigenvalue weighted by Crippen LogP contribution is 2.18. The van der Waals surface area contributed by atoms with Gasteiger partial charge in [-0.05, 0) is 47.0 Å². The van der Waals surface area contributed by atoms with Gasteiger partial charge in [0.15, 0.2) is 12.3 Å². The van der Waals surface area contributed by atoms with Crippen LogP contribution < -0.4 is 0 Å². The number of amides is 1. The van der Waals surface area contributed by atoms with Gasteiger partial charge in [-0.2, -0.15) is 0 Å². The van der Waals surface area contributed by atoms with Gasteiger partial charge in [0, 0.05) is 11.9 Å². The third-order valence-corrected chi connectivity index (χ3v) is 4.15. The molecule has 0 aromatic carbocycles. The fraction of sp³-hybridized carbons (Fsp3) is 0.875. The summed E-state index contributed by atoms with van der Waals surface area (Å²) in [7, 11) is 0.